The van der Waals surface area contributed by atoms with E-state index < -0.39 is 5.91 Å². The SMILES string of the molecule is COc1cc(OC)cc(-n2nc(C(=O)Nc3cccc(Cl)c3)c3ccccc3c2=O)c1. The molecule has 1 amide bonds. The molecule has 0 aliphatic carbocycles. The summed E-state index contributed by atoms with van der Waals surface area (Å²) in [5.41, 5.74) is 0.648. The third-order valence-electron chi connectivity index (χ3n) is 4.68. The van der Waals surface area contributed by atoms with Crippen molar-refractivity contribution >= 4 is 34.0 Å². The second-order valence-corrected chi connectivity index (χ2v) is 7.08. The minimum atomic E-state index is -0.470. The molecular formula is C23H18ClN3O4. The third-order valence-corrected chi connectivity index (χ3v) is 4.92. The maximum Gasteiger partial charge on any atom is 0.279 e. The van der Waals surface area contributed by atoms with Gasteiger partial charge in [-0.2, -0.15) is 9.78 Å². The van der Waals surface area contributed by atoms with Crippen LogP contribution in [0, 0.1) is 0 Å². The number of benzene rings is 3. The Labute approximate surface area is 182 Å². The Kier molecular flexibility index (Phi) is 5.60. The van der Waals surface area contributed by atoms with Gasteiger partial charge in [-0.3, -0.25) is 9.59 Å². The van der Waals surface area contributed by atoms with Gasteiger partial charge in [0.15, 0.2) is 5.69 Å². The molecule has 0 spiro atoms. The quantitative estimate of drug-likeness (QED) is 0.505. The first-order valence-corrected chi connectivity index (χ1v) is 9.70. The summed E-state index contributed by atoms with van der Waals surface area (Å²) in [7, 11) is 3.03. The molecular weight excluding hydrogens is 418 g/mol. The lowest BCUT2D eigenvalue weighted by atomic mass is 10.1. The molecule has 0 atom stereocenters. The van der Waals surface area contributed by atoms with Crippen molar-refractivity contribution in [3.8, 4) is 17.2 Å². The van der Waals surface area contributed by atoms with Crippen LogP contribution in [-0.2, 0) is 0 Å². The Bertz CT molecular complexity index is 1330. The van der Waals surface area contributed by atoms with Crippen LogP contribution < -0.4 is 20.3 Å². The highest BCUT2D eigenvalue weighted by Crippen LogP contribution is 2.25. The summed E-state index contributed by atoms with van der Waals surface area (Å²) in [5.74, 6) is 0.504. The molecule has 1 heterocycles. The van der Waals surface area contributed by atoms with Crippen molar-refractivity contribution in [2.24, 2.45) is 0 Å². The van der Waals surface area contributed by atoms with Gasteiger partial charge in [0.2, 0.25) is 0 Å². The van der Waals surface area contributed by atoms with Crippen LogP contribution in [-0.4, -0.2) is 29.9 Å². The summed E-state index contributed by atoms with van der Waals surface area (Å²) in [6, 6.07) is 18.6. The summed E-state index contributed by atoms with van der Waals surface area (Å²) >= 11 is 6.02. The van der Waals surface area contributed by atoms with Crippen LogP contribution in [0.4, 0.5) is 5.69 Å². The number of hydrogen-bond donors (Lipinski definition) is 1. The summed E-state index contributed by atoms with van der Waals surface area (Å²) in [5, 5.41) is 8.46. The number of fused-ring (bicyclic) bond motifs is 1. The van der Waals surface area contributed by atoms with Gasteiger partial charge < -0.3 is 14.8 Å². The van der Waals surface area contributed by atoms with Crippen molar-refractivity contribution in [1.29, 1.82) is 0 Å². The fraction of sp³-hybridized carbons (Fsp3) is 0.0870. The fourth-order valence-corrected chi connectivity index (χ4v) is 3.39. The highest BCUT2D eigenvalue weighted by atomic mass is 35.5. The second-order valence-electron chi connectivity index (χ2n) is 6.65. The number of aromatic nitrogens is 2. The number of amides is 1. The van der Waals surface area contributed by atoms with E-state index in [0.29, 0.717) is 38.7 Å². The molecule has 4 rings (SSSR count). The number of anilines is 1. The highest BCUT2D eigenvalue weighted by Gasteiger charge is 2.18. The van der Waals surface area contributed by atoms with Gasteiger partial charge in [-0.25, -0.2) is 0 Å². The van der Waals surface area contributed by atoms with E-state index in [1.807, 2.05) is 0 Å². The van der Waals surface area contributed by atoms with Gasteiger partial charge in [0.05, 0.1) is 25.3 Å². The molecule has 7 nitrogen and oxygen atoms in total. The van der Waals surface area contributed by atoms with E-state index in [4.69, 9.17) is 21.1 Å². The Morgan fingerprint density at radius 3 is 2.26 bits per heavy atom. The van der Waals surface area contributed by atoms with Crippen molar-refractivity contribution in [3.05, 3.63) is 87.8 Å². The molecule has 0 saturated heterocycles. The Morgan fingerprint density at radius 2 is 1.61 bits per heavy atom. The first-order valence-electron chi connectivity index (χ1n) is 9.32. The van der Waals surface area contributed by atoms with E-state index in [2.05, 4.69) is 10.4 Å². The van der Waals surface area contributed by atoms with E-state index in [-0.39, 0.29) is 11.3 Å². The molecule has 8 heteroatoms. The molecule has 0 aliphatic rings. The number of carbonyl (C=O) groups is 1. The van der Waals surface area contributed by atoms with Gasteiger partial charge in [-0.15, -0.1) is 0 Å². The highest BCUT2D eigenvalue weighted by molar-refractivity contribution is 6.31. The maximum atomic E-state index is 13.2. The predicted octanol–water partition coefficient (Wildman–Crippen LogP) is 4.31. The van der Waals surface area contributed by atoms with Gasteiger partial charge in [0.25, 0.3) is 11.5 Å². The zero-order chi connectivity index (χ0) is 22.0. The van der Waals surface area contributed by atoms with Gasteiger partial charge in [-0.1, -0.05) is 35.9 Å². The third kappa shape index (κ3) is 4.08. The summed E-state index contributed by atoms with van der Waals surface area (Å²) in [4.78, 5) is 26.3. The minimum Gasteiger partial charge on any atom is -0.497 e. The Morgan fingerprint density at radius 1 is 0.935 bits per heavy atom. The van der Waals surface area contributed by atoms with Crippen LogP contribution >= 0.6 is 11.6 Å². The maximum absolute atomic E-state index is 13.2. The first-order chi connectivity index (χ1) is 15.0. The molecule has 0 unspecified atom stereocenters. The van der Waals surface area contributed by atoms with Gasteiger partial charge in [-0.05, 0) is 24.3 Å². The van der Waals surface area contributed by atoms with Gasteiger partial charge >= 0.3 is 0 Å². The zero-order valence-corrected chi connectivity index (χ0v) is 17.5. The lowest BCUT2D eigenvalue weighted by Crippen LogP contribution is -2.26. The number of nitrogens with zero attached hydrogens (tertiary/aromatic N) is 2. The summed E-state index contributed by atoms with van der Waals surface area (Å²) in [6.45, 7) is 0. The van der Waals surface area contributed by atoms with Crippen LogP contribution in [0.25, 0.3) is 16.5 Å². The first kappa shape index (κ1) is 20.4. The molecule has 4 aromatic rings. The van der Waals surface area contributed by atoms with Crippen LogP contribution in [0.15, 0.2) is 71.5 Å². The molecule has 0 saturated carbocycles. The van der Waals surface area contributed by atoms with E-state index in [1.54, 1.807) is 66.7 Å². The number of nitrogens with one attached hydrogen (secondary N) is 1. The fourth-order valence-electron chi connectivity index (χ4n) is 3.20. The smallest absolute Gasteiger partial charge is 0.279 e. The largest absolute Gasteiger partial charge is 0.497 e. The van der Waals surface area contributed by atoms with Gasteiger partial charge in [0.1, 0.15) is 11.5 Å². The molecule has 0 bridgehead atoms. The number of rotatable bonds is 5. The molecule has 0 radical (unpaired) electrons. The monoisotopic (exact) mass is 435 g/mol. The minimum absolute atomic E-state index is 0.0944. The van der Waals surface area contributed by atoms with Crippen LogP contribution in [0.1, 0.15) is 10.5 Å². The van der Waals surface area contributed by atoms with Crippen molar-refractivity contribution in [1.82, 2.24) is 9.78 Å². The standard InChI is InChI=1S/C23H18ClN3O4/c1-30-17-11-16(12-18(13-17)31-2)27-23(29)20-9-4-3-8-19(20)21(26-27)22(28)25-15-7-5-6-14(24)10-15/h3-13H,1-2H3,(H,25,28). The molecule has 0 fully saturated rings. The van der Waals surface area contributed by atoms with Gasteiger partial charge in [0, 0.05) is 34.3 Å². The summed E-state index contributed by atoms with van der Waals surface area (Å²) < 4.78 is 11.8. The molecule has 156 valence electrons. The van der Waals surface area contributed by atoms with Crippen molar-refractivity contribution in [3.63, 3.8) is 0 Å². The molecule has 1 N–H and O–H groups in total. The lowest BCUT2D eigenvalue weighted by Gasteiger charge is -2.13. The molecule has 0 aliphatic heterocycles. The number of methoxy groups -OCH3 is 2. The molecule has 1 aromatic heterocycles. The number of hydrogen-bond acceptors (Lipinski definition) is 5. The normalized spacial score (nSPS) is 10.7. The second kappa shape index (κ2) is 8.49. The zero-order valence-electron chi connectivity index (χ0n) is 16.8. The van der Waals surface area contributed by atoms with Crippen molar-refractivity contribution in [2.45, 2.75) is 0 Å². The van der Waals surface area contributed by atoms with Crippen molar-refractivity contribution in [2.75, 3.05) is 19.5 Å². The number of ether oxygens (including phenoxy) is 2. The van der Waals surface area contributed by atoms with Crippen LogP contribution in [0.5, 0.6) is 11.5 Å². The lowest BCUT2D eigenvalue weighted by molar-refractivity contribution is 0.102. The topological polar surface area (TPSA) is 82.4 Å². The average molecular weight is 436 g/mol. The van der Waals surface area contributed by atoms with E-state index in [0.717, 1.165) is 0 Å². The molecule has 3 aromatic carbocycles. The summed E-state index contributed by atoms with van der Waals surface area (Å²) in [6.07, 6.45) is 0. The number of carbonyl (C=O) groups excluding carboxylic acids is 1. The number of halogens is 1. The van der Waals surface area contributed by atoms with Crippen molar-refractivity contribution < 1.29 is 14.3 Å². The van der Waals surface area contributed by atoms with E-state index >= 15 is 0 Å². The van der Waals surface area contributed by atoms with Crippen LogP contribution in [0.2, 0.25) is 5.02 Å². The predicted molar refractivity (Wildman–Crippen MR) is 120 cm³/mol. The molecule has 31 heavy (non-hydrogen) atoms. The van der Waals surface area contributed by atoms with E-state index in [9.17, 15) is 9.59 Å². The Hall–Kier alpha value is -3.84. The Balaban J connectivity index is 1.90. The van der Waals surface area contributed by atoms with E-state index in [1.165, 1.54) is 18.9 Å². The average Bonchev–Trinajstić information content (AvgIpc) is 2.79. The van der Waals surface area contributed by atoms with Crippen LogP contribution in [0.3, 0.4) is 0 Å².